The van der Waals surface area contributed by atoms with Crippen molar-refractivity contribution in [3.63, 3.8) is 0 Å². The molecule has 0 amide bonds. The Morgan fingerprint density at radius 2 is 2.24 bits per heavy atom. The number of benzene rings is 1. The standard InChI is InChI=1S/C12H14ClNO3/c13-12-4-3-11(14(15)16)7-10(12)8-17-6-5-9-1-2-9/h3-4,7,9H,1-2,5-6,8H2. The van der Waals surface area contributed by atoms with Gasteiger partial charge in [-0.3, -0.25) is 10.1 Å². The molecule has 1 fully saturated rings. The van der Waals surface area contributed by atoms with Crippen LogP contribution < -0.4 is 0 Å². The van der Waals surface area contributed by atoms with Crippen LogP contribution in [0.15, 0.2) is 18.2 Å². The molecule has 0 aliphatic heterocycles. The second kappa shape index (κ2) is 5.47. The van der Waals surface area contributed by atoms with E-state index in [1.807, 2.05) is 0 Å². The summed E-state index contributed by atoms with van der Waals surface area (Å²) in [7, 11) is 0. The molecule has 1 aliphatic rings. The first-order valence-corrected chi connectivity index (χ1v) is 6.05. The van der Waals surface area contributed by atoms with Gasteiger partial charge < -0.3 is 4.74 Å². The topological polar surface area (TPSA) is 52.4 Å². The van der Waals surface area contributed by atoms with Crippen molar-refractivity contribution < 1.29 is 9.66 Å². The molecule has 4 nitrogen and oxygen atoms in total. The van der Waals surface area contributed by atoms with E-state index >= 15 is 0 Å². The smallest absolute Gasteiger partial charge is 0.269 e. The Hall–Kier alpha value is -1.13. The lowest BCUT2D eigenvalue weighted by atomic mass is 10.2. The molecule has 0 saturated heterocycles. The molecule has 0 atom stereocenters. The molecule has 5 heteroatoms. The average Bonchev–Trinajstić information content (AvgIpc) is 3.10. The van der Waals surface area contributed by atoms with Gasteiger partial charge in [-0.05, 0) is 18.4 Å². The molecule has 0 N–H and O–H groups in total. The molecule has 0 spiro atoms. The van der Waals surface area contributed by atoms with Gasteiger partial charge in [0.15, 0.2) is 0 Å². The lowest BCUT2D eigenvalue weighted by Gasteiger charge is -2.05. The zero-order chi connectivity index (χ0) is 12.3. The number of nitrogens with zero attached hydrogens (tertiary/aromatic N) is 1. The fraction of sp³-hybridized carbons (Fsp3) is 0.500. The van der Waals surface area contributed by atoms with Crippen molar-refractivity contribution >= 4 is 17.3 Å². The molecule has 17 heavy (non-hydrogen) atoms. The van der Waals surface area contributed by atoms with Gasteiger partial charge in [-0.15, -0.1) is 0 Å². The van der Waals surface area contributed by atoms with Gasteiger partial charge in [0.1, 0.15) is 0 Å². The van der Waals surface area contributed by atoms with Crippen LogP contribution in [-0.4, -0.2) is 11.5 Å². The first-order valence-electron chi connectivity index (χ1n) is 5.67. The highest BCUT2D eigenvalue weighted by molar-refractivity contribution is 6.31. The zero-order valence-electron chi connectivity index (χ0n) is 9.39. The van der Waals surface area contributed by atoms with E-state index in [0.29, 0.717) is 23.8 Å². The number of non-ortho nitro benzene ring substituents is 1. The van der Waals surface area contributed by atoms with E-state index < -0.39 is 4.92 Å². The Bertz CT molecular complexity index is 418. The quantitative estimate of drug-likeness (QED) is 0.444. The molecule has 0 heterocycles. The summed E-state index contributed by atoms with van der Waals surface area (Å²) in [6, 6.07) is 4.41. The van der Waals surface area contributed by atoms with E-state index in [0.717, 1.165) is 12.3 Å². The summed E-state index contributed by atoms with van der Waals surface area (Å²) in [6.07, 6.45) is 3.69. The Kier molecular flexibility index (Phi) is 3.97. The van der Waals surface area contributed by atoms with Gasteiger partial charge in [0.05, 0.1) is 11.5 Å². The summed E-state index contributed by atoms with van der Waals surface area (Å²) in [5.74, 6) is 0.829. The summed E-state index contributed by atoms with van der Waals surface area (Å²) >= 11 is 5.95. The van der Waals surface area contributed by atoms with Gasteiger partial charge in [0.2, 0.25) is 0 Å². The van der Waals surface area contributed by atoms with Gasteiger partial charge >= 0.3 is 0 Å². The van der Waals surface area contributed by atoms with E-state index in [1.165, 1.54) is 25.0 Å². The highest BCUT2D eigenvalue weighted by Gasteiger charge is 2.20. The predicted molar refractivity (Wildman–Crippen MR) is 65.1 cm³/mol. The largest absolute Gasteiger partial charge is 0.377 e. The molecule has 0 radical (unpaired) electrons. The third kappa shape index (κ3) is 3.68. The van der Waals surface area contributed by atoms with E-state index in [9.17, 15) is 10.1 Å². The molecule has 1 aromatic carbocycles. The molecule has 0 bridgehead atoms. The highest BCUT2D eigenvalue weighted by atomic mass is 35.5. The second-order valence-corrected chi connectivity index (χ2v) is 4.72. The van der Waals surface area contributed by atoms with E-state index in [2.05, 4.69) is 0 Å². The lowest BCUT2D eigenvalue weighted by Crippen LogP contribution is -1.98. The number of nitro benzene ring substituents is 1. The molecular weight excluding hydrogens is 242 g/mol. The van der Waals surface area contributed by atoms with Crippen LogP contribution in [0.3, 0.4) is 0 Å². The molecule has 1 saturated carbocycles. The summed E-state index contributed by atoms with van der Waals surface area (Å²) in [5.41, 5.74) is 0.729. The molecule has 1 aliphatic carbocycles. The summed E-state index contributed by atoms with van der Waals surface area (Å²) in [6.45, 7) is 1.04. The fourth-order valence-corrected chi connectivity index (χ4v) is 1.80. The second-order valence-electron chi connectivity index (χ2n) is 4.32. The summed E-state index contributed by atoms with van der Waals surface area (Å²) in [5, 5.41) is 11.1. The summed E-state index contributed by atoms with van der Waals surface area (Å²) < 4.78 is 5.48. The van der Waals surface area contributed by atoms with Gasteiger partial charge in [-0.1, -0.05) is 24.4 Å². The Morgan fingerprint density at radius 1 is 1.47 bits per heavy atom. The van der Waals surface area contributed by atoms with Crippen LogP contribution in [0.5, 0.6) is 0 Å². The fourth-order valence-electron chi connectivity index (χ4n) is 1.62. The van der Waals surface area contributed by atoms with E-state index in [-0.39, 0.29) is 5.69 Å². The van der Waals surface area contributed by atoms with Crippen LogP contribution in [-0.2, 0) is 11.3 Å². The molecule has 0 unspecified atom stereocenters. The normalized spacial score (nSPS) is 14.9. The van der Waals surface area contributed by atoms with Crippen molar-refractivity contribution in [1.82, 2.24) is 0 Å². The van der Waals surface area contributed by atoms with Crippen molar-refractivity contribution in [2.24, 2.45) is 5.92 Å². The average molecular weight is 256 g/mol. The number of halogens is 1. The van der Waals surface area contributed by atoms with Crippen LogP contribution in [0.1, 0.15) is 24.8 Å². The van der Waals surface area contributed by atoms with Crippen LogP contribution in [0.2, 0.25) is 5.02 Å². The Morgan fingerprint density at radius 3 is 2.88 bits per heavy atom. The number of nitro groups is 1. The Balaban J connectivity index is 1.88. The maximum Gasteiger partial charge on any atom is 0.269 e. The minimum absolute atomic E-state index is 0.0511. The van der Waals surface area contributed by atoms with Crippen molar-refractivity contribution in [3.05, 3.63) is 38.9 Å². The van der Waals surface area contributed by atoms with Crippen molar-refractivity contribution in [3.8, 4) is 0 Å². The monoisotopic (exact) mass is 255 g/mol. The lowest BCUT2D eigenvalue weighted by molar-refractivity contribution is -0.384. The highest BCUT2D eigenvalue weighted by Crippen LogP contribution is 2.32. The maximum atomic E-state index is 10.6. The molecule has 2 rings (SSSR count). The Labute approximate surface area is 105 Å². The molecule has 1 aromatic rings. The van der Waals surface area contributed by atoms with E-state index in [4.69, 9.17) is 16.3 Å². The van der Waals surface area contributed by atoms with Crippen molar-refractivity contribution in [1.29, 1.82) is 0 Å². The molecule has 92 valence electrons. The van der Waals surface area contributed by atoms with Crippen LogP contribution in [0.25, 0.3) is 0 Å². The first-order chi connectivity index (χ1) is 8.16. The maximum absolute atomic E-state index is 10.6. The minimum Gasteiger partial charge on any atom is -0.377 e. The SMILES string of the molecule is O=[N+]([O-])c1ccc(Cl)c(COCCC2CC2)c1. The third-order valence-corrected chi connectivity index (χ3v) is 3.23. The predicted octanol–water partition coefficient (Wildman–Crippen LogP) is 3.56. The number of ether oxygens (including phenoxy) is 1. The first kappa shape index (κ1) is 12.3. The van der Waals surface area contributed by atoms with Crippen molar-refractivity contribution in [2.75, 3.05) is 6.61 Å². The molecular formula is C12H14ClNO3. The van der Waals surface area contributed by atoms with Crippen molar-refractivity contribution in [2.45, 2.75) is 25.9 Å². The van der Waals surface area contributed by atoms with Gasteiger partial charge in [0.25, 0.3) is 5.69 Å². The van der Waals surface area contributed by atoms with Crippen LogP contribution >= 0.6 is 11.6 Å². The summed E-state index contributed by atoms with van der Waals surface area (Å²) in [4.78, 5) is 10.2. The number of hydrogen-bond donors (Lipinski definition) is 0. The number of hydrogen-bond acceptors (Lipinski definition) is 3. The molecule has 0 aromatic heterocycles. The number of rotatable bonds is 6. The van der Waals surface area contributed by atoms with Gasteiger partial charge in [-0.2, -0.15) is 0 Å². The minimum atomic E-state index is -0.427. The third-order valence-electron chi connectivity index (χ3n) is 2.87. The zero-order valence-corrected chi connectivity index (χ0v) is 10.2. The van der Waals surface area contributed by atoms with Crippen LogP contribution in [0.4, 0.5) is 5.69 Å². The van der Waals surface area contributed by atoms with Gasteiger partial charge in [0, 0.05) is 29.3 Å². The van der Waals surface area contributed by atoms with Gasteiger partial charge in [-0.25, -0.2) is 0 Å². The van der Waals surface area contributed by atoms with E-state index in [1.54, 1.807) is 6.07 Å². The van der Waals surface area contributed by atoms with Crippen LogP contribution in [0, 0.1) is 16.0 Å².